The van der Waals surface area contributed by atoms with Gasteiger partial charge in [-0.2, -0.15) is 0 Å². The fraction of sp³-hybridized carbons (Fsp3) is 0.0526. The lowest BCUT2D eigenvalue weighted by Crippen LogP contribution is -2.12. The molecular weight excluding hydrogens is 309 g/mol. The summed E-state index contributed by atoms with van der Waals surface area (Å²) in [5.74, 6) is -1.26. The average Bonchev–Trinajstić information content (AvgIpc) is 3.03. The van der Waals surface area contributed by atoms with Gasteiger partial charge in [0.05, 0.1) is 0 Å². The molecule has 0 spiro atoms. The zero-order valence-electron chi connectivity index (χ0n) is 12.7. The number of hydrogen-bond acceptors (Lipinski definition) is 3. The van der Waals surface area contributed by atoms with Gasteiger partial charge < -0.3 is 9.72 Å². The Balaban J connectivity index is 1.59. The van der Waals surface area contributed by atoms with Crippen LogP contribution in [0.1, 0.15) is 15.9 Å². The summed E-state index contributed by atoms with van der Waals surface area (Å²) in [4.78, 5) is 26.9. The number of halogens is 1. The van der Waals surface area contributed by atoms with Crippen molar-refractivity contribution >= 4 is 28.7 Å². The number of carbonyl (C=O) groups excluding carboxylic acids is 2. The van der Waals surface area contributed by atoms with Gasteiger partial charge in [0, 0.05) is 28.7 Å². The van der Waals surface area contributed by atoms with Crippen molar-refractivity contribution in [3.8, 4) is 0 Å². The Morgan fingerprint density at radius 3 is 2.62 bits per heavy atom. The van der Waals surface area contributed by atoms with Gasteiger partial charge in [-0.1, -0.05) is 30.3 Å². The molecule has 0 radical (unpaired) electrons. The molecule has 2 aromatic carbocycles. The zero-order chi connectivity index (χ0) is 16.9. The summed E-state index contributed by atoms with van der Waals surface area (Å²) in [7, 11) is 0. The number of nitrogens with one attached hydrogen (secondary N) is 1. The number of hydrogen-bond donors (Lipinski definition) is 1. The number of aromatic nitrogens is 1. The SMILES string of the molecule is O=C(C=Cc1ccc(F)cc1)OCC(=O)c1c[nH]c2ccccc12. The first-order valence-electron chi connectivity index (χ1n) is 7.33. The molecule has 0 amide bonds. The minimum absolute atomic E-state index is 0.281. The van der Waals surface area contributed by atoms with E-state index in [1.54, 1.807) is 6.20 Å². The van der Waals surface area contributed by atoms with Crippen LogP contribution in [0.3, 0.4) is 0 Å². The van der Waals surface area contributed by atoms with Gasteiger partial charge in [-0.3, -0.25) is 4.79 Å². The first-order chi connectivity index (χ1) is 11.6. The Bertz CT molecular complexity index is 910. The lowest BCUT2D eigenvalue weighted by Gasteiger charge is -2.01. The molecule has 0 aliphatic rings. The van der Waals surface area contributed by atoms with Crippen LogP contribution in [0.4, 0.5) is 4.39 Å². The number of fused-ring (bicyclic) bond motifs is 1. The number of benzene rings is 2. The number of ether oxygens (including phenoxy) is 1. The Morgan fingerprint density at radius 1 is 1.08 bits per heavy atom. The second-order valence-corrected chi connectivity index (χ2v) is 5.16. The highest BCUT2D eigenvalue weighted by molar-refractivity contribution is 6.09. The molecular formula is C19H14FNO3. The predicted molar refractivity (Wildman–Crippen MR) is 89.0 cm³/mol. The molecule has 1 heterocycles. The predicted octanol–water partition coefficient (Wildman–Crippen LogP) is 3.75. The molecule has 120 valence electrons. The Hall–Kier alpha value is -3.21. The molecule has 0 unspecified atom stereocenters. The van der Waals surface area contributed by atoms with Crippen molar-refractivity contribution in [3.05, 3.63) is 77.7 Å². The summed E-state index contributed by atoms with van der Waals surface area (Å²) in [5, 5.41) is 0.792. The number of para-hydroxylation sites is 1. The molecule has 4 nitrogen and oxygen atoms in total. The molecule has 5 heteroatoms. The molecule has 0 fully saturated rings. The number of carbonyl (C=O) groups is 2. The number of ketones is 1. The van der Waals surface area contributed by atoms with Crippen LogP contribution in [-0.4, -0.2) is 23.3 Å². The summed E-state index contributed by atoms with van der Waals surface area (Å²) in [6.45, 7) is -0.339. The van der Waals surface area contributed by atoms with Crippen LogP contribution >= 0.6 is 0 Å². The maximum absolute atomic E-state index is 12.8. The second-order valence-electron chi connectivity index (χ2n) is 5.16. The molecule has 3 aromatic rings. The van der Waals surface area contributed by atoms with Crippen molar-refractivity contribution in [2.45, 2.75) is 0 Å². The molecule has 24 heavy (non-hydrogen) atoms. The van der Waals surface area contributed by atoms with E-state index in [4.69, 9.17) is 4.74 Å². The standard InChI is InChI=1S/C19H14FNO3/c20-14-8-5-13(6-9-14)7-10-19(23)24-12-18(22)16-11-21-17-4-2-1-3-15(16)17/h1-11,21H,12H2. The van der Waals surface area contributed by atoms with E-state index < -0.39 is 5.97 Å². The highest BCUT2D eigenvalue weighted by Crippen LogP contribution is 2.18. The molecule has 0 saturated heterocycles. The maximum atomic E-state index is 12.8. The van der Waals surface area contributed by atoms with E-state index in [1.165, 1.54) is 36.4 Å². The van der Waals surface area contributed by atoms with Crippen molar-refractivity contribution in [1.29, 1.82) is 0 Å². The van der Waals surface area contributed by atoms with Crippen molar-refractivity contribution in [2.24, 2.45) is 0 Å². The van der Waals surface area contributed by atoms with Crippen molar-refractivity contribution in [3.63, 3.8) is 0 Å². The van der Waals surface area contributed by atoms with Crippen LogP contribution in [0.25, 0.3) is 17.0 Å². The number of rotatable bonds is 5. The van der Waals surface area contributed by atoms with Gasteiger partial charge in [-0.25, -0.2) is 9.18 Å². The number of Topliss-reactive ketones (excluding diaryl/α,β-unsaturated/α-hetero) is 1. The largest absolute Gasteiger partial charge is 0.454 e. The Labute approximate surface area is 137 Å². The Kier molecular flexibility index (Phi) is 4.52. The van der Waals surface area contributed by atoms with Crippen LogP contribution in [-0.2, 0) is 9.53 Å². The first kappa shape index (κ1) is 15.7. The maximum Gasteiger partial charge on any atom is 0.331 e. The van der Waals surface area contributed by atoms with Crippen molar-refractivity contribution < 1.29 is 18.7 Å². The minimum atomic E-state index is -0.632. The summed E-state index contributed by atoms with van der Waals surface area (Å²) in [5.41, 5.74) is 2.00. The van der Waals surface area contributed by atoms with Crippen LogP contribution in [0.15, 0.2) is 60.8 Å². The van der Waals surface area contributed by atoms with Gasteiger partial charge in [0.15, 0.2) is 6.61 Å². The minimum Gasteiger partial charge on any atom is -0.454 e. The van der Waals surface area contributed by atoms with Crippen LogP contribution in [0.5, 0.6) is 0 Å². The summed E-state index contributed by atoms with van der Waals surface area (Å²) >= 11 is 0. The van der Waals surface area contributed by atoms with Gasteiger partial charge in [-0.05, 0) is 29.8 Å². The van der Waals surface area contributed by atoms with Crippen LogP contribution in [0, 0.1) is 5.82 Å². The third-order valence-electron chi connectivity index (χ3n) is 3.52. The number of esters is 1. The summed E-state index contributed by atoms with van der Waals surface area (Å²) in [6, 6.07) is 13.1. The normalized spacial score (nSPS) is 11.0. The highest BCUT2D eigenvalue weighted by atomic mass is 19.1. The molecule has 1 N–H and O–H groups in total. The first-order valence-corrected chi connectivity index (χ1v) is 7.33. The molecule has 0 bridgehead atoms. The third kappa shape index (κ3) is 3.57. The van der Waals surface area contributed by atoms with Crippen molar-refractivity contribution in [1.82, 2.24) is 4.98 Å². The lowest BCUT2D eigenvalue weighted by molar-refractivity contribution is -0.136. The van der Waals surface area contributed by atoms with Gasteiger partial charge in [0.2, 0.25) is 5.78 Å². The fourth-order valence-electron chi connectivity index (χ4n) is 2.30. The van der Waals surface area contributed by atoms with E-state index in [2.05, 4.69) is 4.98 Å². The quantitative estimate of drug-likeness (QED) is 0.442. The van der Waals surface area contributed by atoms with E-state index in [-0.39, 0.29) is 18.2 Å². The van der Waals surface area contributed by atoms with E-state index >= 15 is 0 Å². The van der Waals surface area contributed by atoms with E-state index in [0.717, 1.165) is 10.9 Å². The highest BCUT2D eigenvalue weighted by Gasteiger charge is 2.13. The fourth-order valence-corrected chi connectivity index (χ4v) is 2.30. The van der Waals surface area contributed by atoms with Gasteiger partial charge in [0.25, 0.3) is 0 Å². The van der Waals surface area contributed by atoms with Crippen LogP contribution < -0.4 is 0 Å². The molecule has 0 atom stereocenters. The number of aromatic amines is 1. The van der Waals surface area contributed by atoms with Gasteiger partial charge in [-0.15, -0.1) is 0 Å². The van der Waals surface area contributed by atoms with Crippen molar-refractivity contribution in [2.75, 3.05) is 6.61 Å². The van der Waals surface area contributed by atoms with E-state index in [9.17, 15) is 14.0 Å². The molecule has 0 aliphatic carbocycles. The van der Waals surface area contributed by atoms with Gasteiger partial charge >= 0.3 is 5.97 Å². The third-order valence-corrected chi connectivity index (χ3v) is 3.52. The smallest absolute Gasteiger partial charge is 0.331 e. The van der Waals surface area contributed by atoms with E-state index in [1.807, 2.05) is 24.3 Å². The second kappa shape index (κ2) is 6.91. The number of H-pyrrole nitrogens is 1. The van der Waals surface area contributed by atoms with Crippen LogP contribution in [0.2, 0.25) is 0 Å². The zero-order valence-corrected chi connectivity index (χ0v) is 12.7. The lowest BCUT2D eigenvalue weighted by atomic mass is 10.1. The monoisotopic (exact) mass is 323 g/mol. The average molecular weight is 323 g/mol. The molecule has 0 aliphatic heterocycles. The summed E-state index contributed by atoms with van der Waals surface area (Å²) in [6.07, 6.45) is 4.31. The topological polar surface area (TPSA) is 59.2 Å². The van der Waals surface area contributed by atoms with E-state index in [0.29, 0.717) is 11.1 Å². The Morgan fingerprint density at radius 2 is 1.83 bits per heavy atom. The summed E-state index contributed by atoms with van der Waals surface area (Å²) < 4.78 is 17.7. The molecule has 3 rings (SSSR count). The molecule has 0 saturated carbocycles. The van der Waals surface area contributed by atoms with Gasteiger partial charge in [0.1, 0.15) is 5.82 Å². The molecule has 1 aromatic heterocycles.